The minimum absolute atomic E-state index is 0.00403. The van der Waals surface area contributed by atoms with Gasteiger partial charge >= 0.3 is 5.97 Å². The Morgan fingerprint density at radius 1 is 1.11 bits per heavy atom. The number of carboxylic acid groups (broad SMARTS) is 1. The number of phenolic OH excluding ortho intramolecular Hbond substituents is 1. The number of aromatic hydroxyl groups is 1. The van der Waals surface area contributed by atoms with Crippen LogP contribution in [0.15, 0.2) is 60.7 Å². The summed E-state index contributed by atoms with van der Waals surface area (Å²) in [6.07, 6.45) is 0.179. The predicted octanol–water partition coefficient (Wildman–Crippen LogP) is 2.84. The molecule has 2 atom stereocenters. The van der Waals surface area contributed by atoms with Gasteiger partial charge in [-0.25, -0.2) is 8.42 Å². The molecule has 0 radical (unpaired) electrons. The highest BCUT2D eigenvalue weighted by Gasteiger charge is 2.28. The van der Waals surface area contributed by atoms with Gasteiger partial charge in [0.2, 0.25) is 15.9 Å². The van der Waals surface area contributed by atoms with E-state index in [1.54, 1.807) is 0 Å². The Morgan fingerprint density at radius 3 is 2.61 bits per heavy atom. The number of aliphatic hydroxyl groups excluding tert-OH is 1. The summed E-state index contributed by atoms with van der Waals surface area (Å²) in [4.78, 5) is 23.3. The number of rotatable bonds is 10. The molecular formula is C27H29N3O7S. The number of amides is 1. The van der Waals surface area contributed by atoms with E-state index in [9.17, 15) is 28.2 Å². The molecule has 0 aliphatic carbocycles. The molecule has 1 amide bonds. The molecule has 1 aliphatic rings. The van der Waals surface area contributed by atoms with Crippen molar-refractivity contribution in [2.45, 2.75) is 25.5 Å². The minimum Gasteiger partial charge on any atom is -0.506 e. The second-order valence-electron chi connectivity index (χ2n) is 9.36. The molecule has 38 heavy (non-hydrogen) atoms. The van der Waals surface area contributed by atoms with Crippen molar-refractivity contribution in [3.05, 3.63) is 77.4 Å². The van der Waals surface area contributed by atoms with E-state index in [1.165, 1.54) is 18.2 Å². The molecule has 0 fully saturated rings. The first-order valence-electron chi connectivity index (χ1n) is 11.9. The van der Waals surface area contributed by atoms with Gasteiger partial charge in [-0.05, 0) is 64.6 Å². The first-order chi connectivity index (χ1) is 18.0. The number of carboxylic acids is 1. The fourth-order valence-electron chi connectivity index (χ4n) is 4.41. The fourth-order valence-corrected chi connectivity index (χ4v) is 4.97. The molecule has 0 aromatic heterocycles. The third-order valence-electron chi connectivity index (χ3n) is 6.25. The second-order valence-corrected chi connectivity index (χ2v) is 11.1. The lowest BCUT2D eigenvalue weighted by molar-refractivity contribution is -0.140. The Morgan fingerprint density at radius 2 is 1.87 bits per heavy atom. The van der Waals surface area contributed by atoms with Crippen LogP contribution in [-0.4, -0.2) is 48.4 Å². The Bertz CT molecular complexity index is 1470. The zero-order chi connectivity index (χ0) is 27.4. The molecule has 6 N–H and O–H groups in total. The maximum atomic E-state index is 12.2. The average molecular weight is 540 g/mol. The molecule has 3 aromatic carbocycles. The van der Waals surface area contributed by atoms with Crippen molar-refractivity contribution < 1.29 is 33.3 Å². The zero-order valence-electron chi connectivity index (χ0n) is 20.6. The number of benzene rings is 3. The van der Waals surface area contributed by atoms with Gasteiger partial charge in [0.15, 0.2) is 0 Å². The third-order valence-corrected chi connectivity index (χ3v) is 6.84. The molecule has 0 spiro atoms. The number of sulfonamides is 1. The lowest BCUT2D eigenvalue weighted by Gasteiger charge is -2.24. The van der Waals surface area contributed by atoms with Crippen LogP contribution in [0.5, 0.6) is 5.75 Å². The largest absolute Gasteiger partial charge is 0.506 e. The molecule has 3 aromatic rings. The number of aliphatic carboxylic acids is 1. The monoisotopic (exact) mass is 539 g/mol. The third kappa shape index (κ3) is 6.88. The van der Waals surface area contributed by atoms with Crippen LogP contribution >= 0.6 is 0 Å². The summed E-state index contributed by atoms with van der Waals surface area (Å²) in [6, 6.07) is 17.8. The number of carbonyl (C=O) groups is 2. The number of anilines is 2. The predicted molar refractivity (Wildman–Crippen MR) is 143 cm³/mol. The van der Waals surface area contributed by atoms with Gasteiger partial charge in [-0.1, -0.05) is 30.3 Å². The molecular weight excluding hydrogens is 510 g/mol. The number of fused-ring (bicyclic) bond motifs is 1. The minimum atomic E-state index is -3.59. The van der Waals surface area contributed by atoms with E-state index < -0.39 is 28.0 Å². The van der Waals surface area contributed by atoms with E-state index in [4.69, 9.17) is 5.11 Å². The number of nitrogens with one attached hydrogen (secondary N) is 3. The standard InChI is InChI=1S/C27H29N3O7S/c1-38(36,37)30-23-12-19(6-8-24(23)31)25(32)15-28-14-16-3-2-4-17(9-16)18-5-7-22-20(10-18)11-21(13-26(33)34)27(35)29-22/h2-10,12,21,25,28,30-32H,11,13-15H2,1H3,(H,29,35)(H,33,34)/t21?,25-/m1/s1. The summed E-state index contributed by atoms with van der Waals surface area (Å²) < 4.78 is 25.2. The summed E-state index contributed by atoms with van der Waals surface area (Å²) >= 11 is 0. The second kappa shape index (κ2) is 11.2. The lowest BCUT2D eigenvalue weighted by atomic mass is 9.89. The van der Waals surface area contributed by atoms with Crippen LogP contribution in [0, 0.1) is 5.92 Å². The van der Waals surface area contributed by atoms with Crippen molar-refractivity contribution >= 4 is 33.3 Å². The highest BCUT2D eigenvalue weighted by molar-refractivity contribution is 7.92. The summed E-state index contributed by atoms with van der Waals surface area (Å²) in [5.74, 6) is -2.13. The van der Waals surface area contributed by atoms with Crippen molar-refractivity contribution in [3.8, 4) is 16.9 Å². The first-order valence-corrected chi connectivity index (χ1v) is 13.8. The van der Waals surface area contributed by atoms with Crippen LogP contribution in [0.3, 0.4) is 0 Å². The van der Waals surface area contributed by atoms with Gasteiger partial charge < -0.3 is 26.0 Å². The number of phenols is 1. The van der Waals surface area contributed by atoms with Crippen LogP contribution in [0.2, 0.25) is 0 Å². The Labute approximate surface area is 220 Å². The summed E-state index contributed by atoms with van der Waals surface area (Å²) in [5.41, 5.74) is 4.87. The van der Waals surface area contributed by atoms with E-state index in [0.717, 1.165) is 28.5 Å². The van der Waals surface area contributed by atoms with E-state index in [2.05, 4.69) is 15.4 Å². The molecule has 0 bridgehead atoms. The molecule has 4 rings (SSSR count). The summed E-state index contributed by atoms with van der Waals surface area (Å²) in [5, 5.41) is 35.5. The number of aliphatic hydroxyl groups is 1. The summed E-state index contributed by atoms with van der Waals surface area (Å²) in [6.45, 7) is 0.649. The van der Waals surface area contributed by atoms with E-state index in [-0.39, 0.29) is 30.3 Å². The van der Waals surface area contributed by atoms with Crippen LogP contribution in [0.25, 0.3) is 11.1 Å². The van der Waals surface area contributed by atoms with Gasteiger partial charge in [0, 0.05) is 18.8 Å². The Hall–Kier alpha value is -3.93. The quantitative estimate of drug-likeness (QED) is 0.214. The average Bonchev–Trinajstić information content (AvgIpc) is 2.84. The van der Waals surface area contributed by atoms with Crippen molar-refractivity contribution in [2.24, 2.45) is 5.92 Å². The van der Waals surface area contributed by atoms with Crippen molar-refractivity contribution in [1.29, 1.82) is 0 Å². The van der Waals surface area contributed by atoms with Gasteiger partial charge in [-0.2, -0.15) is 0 Å². The molecule has 0 saturated carbocycles. The fraction of sp³-hybridized carbons (Fsp3) is 0.259. The molecule has 0 saturated heterocycles. The van der Waals surface area contributed by atoms with Gasteiger partial charge in [-0.3, -0.25) is 14.3 Å². The highest BCUT2D eigenvalue weighted by Crippen LogP contribution is 2.32. The van der Waals surface area contributed by atoms with Gasteiger partial charge in [0.25, 0.3) is 0 Å². The molecule has 1 unspecified atom stereocenters. The molecule has 10 nitrogen and oxygen atoms in total. The van der Waals surface area contributed by atoms with Gasteiger partial charge in [0.1, 0.15) is 5.75 Å². The lowest BCUT2D eigenvalue weighted by Crippen LogP contribution is -2.31. The van der Waals surface area contributed by atoms with E-state index in [0.29, 0.717) is 24.2 Å². The zero-order valence-corrected chi connectivity index (χ0v) is 21.5. The summed E-state index contributed by atoms with van der Waals surface area (Å²) in [7, 11) is -3.59. The first kappa shape index (κ1) is 27.1. The van der Waals surface area contributed by atoms with Crippen LogP contribution < -0.4 is 15.4 Å². The van der Waals surface area contributed by atoms with Gasteiger partial charge in [0.05, 0.1) is 30.4 Å². The Kier molecular flexibility index (Phi) is 8.00. The van der Waals surface area contributed by atoms with E-state index in [1.807, 2.05) is 42.5 Å². The number of carbonyl (C=O) groups excluding carboxylic acids is 1. The molecule has 1 aliphatic heterocycles. The SMILES string of the molecule is CS(=O)(=O)Nc1cc([C@H](O)CNCc2cccc(-c3ccc4c(c3)CC(CC(=O)O)C(=O)N4)c2)ccc1O. The highest BCUT2D eigenvalue weighted by atomic mass is 32.2. The smallest absolute Gasteiger partial charge is 0.304 e. The van der Waals surface area contributed by atoms with Crippen molar-refractivity contribution in [3.63, 3.8) is 0 Å². The topological polar surface area (TPSA) is 165 Å². The molecule has 1 heterocycles. The molecule has 11 heteroatoms. The van der Waals surface area contributed by atoms with Gasteiger partial charge in [-0.15, -0.1) is 0 Å². The van der Waals surface area contributed by atoms with Crippen molar-refractivity contribution in [2.75, 3.05) is 22.8 Å². The number of hydrogen-bond donors (Lipinski definition) is 6. The van der Waals surface area contributed by atoms with Crippen LogP contribution in [0.1, 0.15) is 29.2 Å². The van der Waals surface area contributed by atoms with Crippen molar-refractivity contribution in [1.82, 2.24) is 5.32 Å². The normalized spacial score (nSPS) is 15.8. The Balaban J connectivity index is 1.41. The maximum Gasteiger partial charge on any atom is 0.304 e. The molecule has 200 valence electrons. The maximum absolute atomic E-state index is 12.2. The van der Waals surface area contributed by atoms with Crippen LogP contribution in [0.4, 0.5) is 11.4 Å². The number of hydrogen-bond acceptors (Lipinski definition) is 7. The van der Waals surface area contributed by atoms with Crippen LogP contribution in [-0.2, 0) is 32.6 Å². The van der Waals surface area contributed by atoms with E-state index >= 15 is 0 Å².